The van der Waals surface area contributed by atoms with Gasteiger partial charge in [-0.3, -0.25) is 14.5 Å². The number of amides is 2. The van der Waals surface area contributed by atoms with Crippen molar-refractivity contribution in [3.8, 4) is 11.1 Å². The molecule has 5 heteroatoms. The molecule has 3 rings (SSSR count). The van der Waals surface area contributed by atoms with Gasteiger partial charge >= 0.3 is 0 Å². The monoisotopic (exact) mass is 383 g/mol. The molecule has 148 valence electrons. The van der Waals surface area contributed by atoms with E-state index >= 15 is 0 Å². The molecule has 0 aromatic heterocycles. The van der Waals surface area contributed by atoms with E-state index in [1.54, 1.807) is 32.9 Å². The van der Waals surface area contributed by atoms with Crippen molar-refractivity contribution in [1.29, 1.82) is 0 Å². The molecule has 2 aromatic rings. The second-order valence-corrected chi connectivity index (χ2v) is 8.55. The van der Waals surface area contributed by atoms with Crippen molar-refractivity contribution < 1.29 is 19.1 Å². The summed E-state index contributed by atoms with van der Waals surface area (Å²) in [7, 11) is 0. The molecule has 28 heavy (non-hydrogen) atoms. The Balaban J connectivity index is 1.82. The van der Waals surface area contributed by atoms with Crippen LogP contribution in [0.1, 0.15) is 38.3 Å². The Morgan fingerprint density at radius 2 is 1.82 bits per heavy atom. The summed E-state index contributed by atoms with van der Waals surface area (Å²) in [6.45, 7) is 7.20. The summed E-state index contributed by atoms with van der Waals surface area (Å²) in [5.74, 6) is -1.08. The van der Waals surface area contributed by atoms with E-state index in [9.17, 15) is 19.1 Å². The van der Waals surface area contributed by atoms with Gasteiger partial charge in [0.1, 0.15) is 11.9 Å². The Morgan fingerprint density at radius 3 is 2.43 bits per heavy atom. The van der Waals surface area contributed by atoms with Gasteiger partial charge in [-0.15, -0.1) is 0 Å². The van der Waals surface area contributed by atoms with Crippen molar-refractivity contribution >= 4 is 11.8 Å². The zero-order valence-corrected chi connectivity index (χ0v) is 16.7. The van der Waals surface area contributed by atoms with Crippen molar-refractivity contribution in [2.45, 2.75) is 52.7 Å². The lowest BCUT2D eigenvalue weighted by molar-refractivity contribution is -0.151. The second kappa shape index (κ2) is 7.47. The van der Waals surface area contributed by atoms with Crippen molar-refractivity contribution in [1.82, 2.24) is 4.90 Å². The van der Waals surface area contributed by atoms with E-state index in [1.807, 2.05) is 31.2 Å². The number of hydrogen-bond acceptors (Lipinski definition) is 3. The lowest BCUT2D eigenvalue weighted by Gasteiger charge is -2.29. The number of aliphatic hydroxyl groups is 1. The minimum Gasteiger partial charge on any atom is -0.383 e. The summed E-state index contributed by atoms with van der Waals surface area (Å²) < 4.78 is 14.1. The van der Waals surface area contributed by atoms with Crippen LogP contribution in [-0.2, 0) is 16.0 Å². The molecule has 1 fully saturated rings. The van der Waals surface area contributed by atoms with Crippen molar-refractivity contribution in [3.05, 3.63) is 59.4 Å². The first kappa shape index (κ1) is 20.2. The maximum atomic E-state index is 14.1. The molecule has 4 nitrogen and oxygen atoms in total. The second-order valence-electron chi connectivity index (χ2n) is 8.55. The molecule has 1 aliphatic rings. The Labute approximate surface area is 165 Å². The van der Waals surface area contributed by atoms with Gasteiger partial charge in [-0.05, 0) is 36.6 Å². The molecule has 0 aliphatic carbocycles. The molecule has 2 aromatic carbocycles. The SMILES string of the molecule is Cc1ccc(F)c(-c2ccc(C[C@@H]3C[C@@H](O)C(=O)N3C(=O)C(C)(C)C)cc2)c1. The van der Waals surface area contributed by atoms with Gasteiger partial charge in [0.2, 0.25) is 5.91 Å². The molecule has 0 spiro atoms. The third-order valence-electron chi connectivity index (χ3n) is 5.10. The minimum absolute atomic E-state index is 0.231. The highest BCUT2D eigenvalue weighted by molar-refractivity contribution is 6.01. The molecule has 2 atom stereocenters. The van der Waals surface area contributed by atoms with Crippen molar-refractivity contribution in [3.63, 3.8) is 0 Å². The summed E-state index contributed by atoms with van der Waals surface area (Å²) in [4.78, 5) is 26.2. The maximum Gasteiger partial charge on any atom is 0.258 e. The van der Waals surface area contributed by atoms with Crippen LogP contribution in [0, 0.1) is 18.2 Å². The van der Waals surface area contributed by atoms with E-state index < -0.39 is 17.4 Å². The predicted octanol–water partition coefficient (Wildman–Crippen LogP) is 3.88. The Bertz CT molecular complexity index is 899. The highest BCUT2D eigenvalue weighted by atomic mass is 19.1. The zero-order valence-electron chi connectivity index (χ0n) is 16.7. The summed E-state index contributed by atoms with van der Waals surface area (Å²) in [6.07, 6.45) is -0.451. The molecule has 0 radical (unpaired) electrons. The molecule has 0 unspecified atom stereocenters. The fraction of sp³-hybridized carbons (Fsp3) is 0.391. The first-order chi connectivity index (χ1) is 13.1. The van der Waals surface area contributed by atoms with E-state index in [-0.39, 0.29) is 24.2 Å². The number of carbonyl (C=O) groups excluding carboxylic acids is 2. The van der Waals surface area contributed by atoms with Gasteiger partial charge in [0, 0.05) is 23.4 Å². The lowest BCUT2D eigenvalue weighted by atomic mass is 9.93. The Kier molecular flexibility index (Phi) is 5.39. The molecule has 1 N–H and O–H groups in total. The quantitative estimate of drug-likeness (QED) is 0.875. The smallest absolute Gasteiger partial charge is 0.258 e. The number of hydrogen-bond donors (Lipinski definition) is 1. The summed E-state index contributed by atoms with van der Waals surface area (Å²) >= 11 is 0. The van der Waals surface area contributed by atoms with E-state index in [2.05, 4.69) is 0 Å². The molecular formula is C23H26FNO3. The van der Waals surface area contributed by atoms with Crippen LogP contribution in [0.25, 0.3) is 11.1 Å². The molecule has 0 saturated carbocycles. The fourth-order valence-corrected chi connectivity index (χ4v) is 3.56. The van der Waals surface area contributed by atoms with Gasteiger partial charge in [-0.25, -0.2) is 4.39 Å². The van der Waals surface area contributed by atoms with Crippen LogP contribution in [0.4, 0.5) is 4.39 Å². The third-order valence-corrected chi connectivity index (χ3v) is 5.10. The minimum atomic E-state index is -1.14. The molecule has 1 saturated heterocycles. The van der Waals surface area contributed by atoms with Crippen molar-refractivity contribution in [2.75, 3.05) is 0 Å². The summed E-state index contributed by atoms with van der Waals surface area (Å²) in [5, 5.41) is 10.00. The third kappa shape index (κ3) is 3.99. The predicted molar refractivity (Wildman–Crippen MR) is 106 cm³/mol. The number of nitrogens with zero attached hydrogens (tertiary/aromatic N) is 1. The van der Waals surface area contributed by atoms with E-state index in [0.717, 1.165) is 16.7 Å². The number of rotatable bonds is 3. The molecular weight excluding hydrogens is 357 g/mol. The highest BCUT2D eigenvalue weighted by Crippen LogP contribution is 2.30. The molecule has 1 heterocycles. The van der Waals surface area contributed by atoms with E-state index in [4.69, 9.17) is 0 Å². The maximum absolute atomic E-state index is 14.1. The molecule has 1 aliphatic heterocycles. The summed E-state index contributed by atoms with van der Waals surface area (Å²) in [6, 6.07) is 12.1. The Hall–Kier alpha value is -2.53. The van der Waals surface area contributed by atoms with Crippen LogP contribution in [-0.4, -0.2) is 34.0 Å². The standard InChI is InChI=1S/C23H26FNO3/c1-14-5-10-19(24)18(11-14)16-8-6-15(7-9-16)12-17-13-20(26)21(27)25(17)22(28)23(2,3)4/h5-11,17,20,26H,12-13H2,1-4H3/t17-,20-/m1/s1. The fourth-order valence-electron chi connectivity index (χ4n) is 3.56. The van der Waals surface area contributed by atoms with Gasteiger partial charge in [0.25, 0.3) is 5.91 Å². The average Bonchev–Trinajstić information content (AvgIpc) is 2.90. The van der Waals surface area contributed by atoms with Crippen LogP contribution < -0.4 is 0 Å². The number of benzene rings is 2. The van der Waals surface area contributed by atoms with Crippen LogP contribution in [0.5, 0.6) is 0 Å². The molecule has 0 bridgehead atoms. The van der Waals surface area contributed by atoms with Gasteiger partial charge in [-0.2, -0.15) is 0 Å². The van der Waals surface area contributed by atoms with Gasteiger partial charge in [0.05, 0.1) is 0 Å². The zero-order chi connectivity index (χ0) is 20.6. The first-order valence-electron chi connectivity index (χ1n) is 9.49. The number of aliphatic hydroxyl groups excluding tert-OH is 1. The highest BCUT2D eigenvalue weighted by Gasteiger charge is 2.45. The number of likely N-dealkylation sites (tertiary alicyclic amines) is 1. The lowest BCUT2D eigenvalue weighted by Crippen LogP contribution is -2.46. The molecule has 2 amide bonds. The number of imide groups is 1. The number of aryl methyl sites for hydroxylation is 1. The number of halogens is 1. The summed E-state index contributed by atoms with van der Waals surface area (Å²) in [5.41, 5.74) is 2.52. The van der Waals surface area contributed by atoms with Gasteiger partial charge < -0.3 is 5.11 Å². The van der Waals surface area contributed by atoms with E-state index in [0.29, 0.717) is 12.0 Å². The van der Waals surface area contributed by atoms with Gasteiger partial charge in [-0.1, -0.05) is 56.7 Å². The largest absolute Gasteiger partial charge is 0.383 e. The van der Waals surface area contributed by atoms with Crippen LogP contribution in [0.15, 0.2) is 42.5 Å². The Morgan fingerprint density at radius 1 is 1.18 bits per heavy atom. The van der Waals surface area contributed by atoms with Crippen LogP contribution >= 0.6 is 0 Å². The normalized spacial score (nSPS) is 19.9. The van der Waals surface area contributed by atoms with Gasteiger partial charge in [0.15, 0.2) is 0 Å². The van der Waals surface area contributed by atoms with Crippen LogP contribution in [0.2, 0.25) is 0 Å². The first-order valence-corrected chi connectivity index (χ1v) is 9.49. The average molecular weight is 383 g/mol. The topological polar surface area (TPSA) is 57.6 Å². The number of carbonyl (C=O) groups is 2. The van der Waals surface area contributed by atoms with Crippen molar-refractivity contribution in [2.24, 2.45) is 5.41 Å². The van der Waals surface area contributed by atoms with Crippen LogP contribution in [0.3, 0.4) is 0 Å². The van der Waals surface area contributed by atoms with E-state index in [1.165, 1.54) is 11.0 Å².